The van der Waals surface area contributed by atoms with Crippen molar-refractivity contribution in [2.45, 2.75) is 6.42 Å². The second kappa shape index (κ2) is 5.50. The van der Waals surface area contributed by atoms with E-state index in [2.05, 4.69) is 20.6 Å². The lowest BCUT2D eigenvalue weighted by Crippen LogP contribution is -2.25. The number of hydrogen-bond donors (Lipinski definition) is 2. The summed E-state index contributed by atoms with van der Waals surface area (Å²) in [6, 6.07) is 6.15. The molecule has 0 saturated carbocycles. The molecule has 18 heavy (non-hydrogen) atoms. The van der Waals surface area contributed by atoms with E-state index in [0.717, 1.165) is 0 Å². The van der Waals surface area contributed by atoms with Crippen molar-refractivity contribution in [3.8, 4) is 0 Å². The molecule has 1 fully saturated rings. The number of anilines is 1. The number of hydrogen-bond acceptors (Lipinski definition) is 4. The number of cyclic esters (lactones) is 1. The molecule has 0 spiro atoms. The fourth-order valence-corrected chi connectivity index (χ4v) is 1.45. The standard InChI is InChI=1S/C11H10ClN3O3/c12-7-1-3-8(4-2-7)13-11(17)15-14-9-5-10(16)18-6-9/h1-4H,5-6H2,(H2,13,15,17). The summed E-state index contributed by atoms with van der Waals surface area (Å²) in [7, 11) is 0. The van der Waals surface area contributed by atoms with E-state index in [9.17, 15) is 9.59 Å². The van der Waals surface area contributed by atoms with Gasteiger partial charge in [-0.3, -0.25) is 4.79 Å². The molecule has 1 aromatic rings. The molecule has 0 unspecified atom stereocenters. The van der Waals surface area contributed by atoms with Gasteiger partial charge in [-0.05, 0) is 24.3 Å². The molecule has 94 valence electrons. The van der Waals surface area contributed by atoms with Crippen LogP contribution in [0.4, 0.5) is 10.5 Å². The fourth-order valence-electron chi connectivity index (χ4n) is 1.33. The number of carbonyl (C=O) groups is 2. The Hall–Kier alpha value is -2.08. The highest BCUT2D eigenvalue weighted by Gasteiger charge is 2.18. The molecule has 0 atom stereocenters. The lowest BCUT2D eigenvalue weighted by atomic mass is 10.3. The monoisotopic (exact) mass is 267 g/mol. The molecule has 0 aliphatic carbocycles. The fraction of sp³-hybridized carbons (Fsp3) is 0.182. The average Bonchev–Trinajstić information content (AvgIpc) is 2.76. The molecule has 1 aromatic carbocycles. The van der Waals surface area contributed by atoms with Gasteiger partial charge >= 0.3 is 12.0 Å². The van der Waals surface area contributed by atoms with Gasteiger partial charge in [0, 0.05) is 10.7 Å². The second-order valence-electron chi connectivity index (χ2n) is 3.59. The van der Waals surface area contributed by atoms with E-state index in [1.165, 1.54) is 0 Å². The van der Waals surface area contributed by atoms with Crippen molar-refractivity contribution in [2.75, 3.05) is 11.9 Å². The van der Waals surface area contributed by atoms with Crippen molar-refractivity contribution in [1.29, 1.82) is 0 Å². The van der Waals surface area contributed by atoms with Crippen LogP contribution in [0.1, 0.15) is 6.42 Å². The Bertz CT molecular complexity index is 499. The minimum absolute atomic E-state index is 0.112. The first-order valence-electron chi connectivity index (χ1n) is 5.17. The topological polar surface area (TPSA) is 79.8 Å². The number of hydrazone groups is 1. The van der Waals surface area contributed by atoms with Crippen LogP contribution in [-0.2, 0) is 9.53 Å². The number of rotatable bonds is 2. The molecular weight excluding hydrogens is 258 g/mol. The zero-order valence-electron chi connectivity index (χ0n) is 9.27. The summed E-state index contributed by atoms with van der Waals surface area (Å²) in [6.45, 7) is 0.125. The Labute approximate surface area is 108 Å². The van der Waals surface area contributed by atoms with Gasteiger partial charge in [0.2, 0.25) is 0 Å². The largest absolute Gasteiger partial charge is 0.459 e. The number of ether oxygens (including phenoxy) is 1. The quantitative estimate of drug-likeness (QED) is 0.633. The molecule has 2 amide bonds. The minimum atomic E-state index is -0.496. The zero-order valence-corrected chi connectivity index (χ0v) is 10.0. The highest BCUT2D eigenvalue weighted by atomic mass is 35.5. The number of urea groups is 1. The Kier molecular flexibility index (Phi) is 3.78. The molecule has 0 radical (unpaired) electrons. The molecule has 1 heterocycles. The maximum atomic E-state index is 11.4. The third-order valence-electron chi connectivity index (χ3n) is 2.17. The van der Waals surface area contributed by atoms with Crippen molar-refractivity contribution >= 4 is 35.0 Å². The van der Waals surface area contributed by atoms with Gasteiger partial charge in [0.15, 0.2) is 0 Å². The van der Waals surface area contributed by atoms with Gasteiger partial charge in [0.1, 0.15) is 6.61 Å². The highest BCUT2D eigenvalue weighted by Crippen LogP contribution is 2.13. The predicted octanol–water partition coefficient (Wildman–Crippen LogP) is 1.76. The maximum absolute atomic E-state index is 11.4. The van der Waals surface area contributed by atoms with Gasteiger partial charge in [-0.2, -0.15) is 5.10 Å². The van der Waals surface area contributed by atoms with Crippen molar-refractivity contribution in [3.05, 3.63) is 29.3 Å². The van der Waals surface area contributed by atoms with E-state index in [1.54, 1.807) is 24.3 Å². The SMILES string of the molecule is O=C(NN=C1COC(=O)C1)Nc1ccc(Cl)cc1. The van der Waals surface area contributed by atoms with Crippen LogP contribution in [0.3, 0.4) is 0 Å². The number of nitrogens with zero attached hydrogens (tertiary/aromatic N) is 1. The molecule has 2 rings (SSSR count). The summed E-state index contributed by atoms with van der Waals surface area (Å²) in [5.74, 6) is -0.339. The Balaban J connectivity index is 1.85. The molecule has 0 aromatic heterocycles. The predicted molar refractivity (Wildman–Crippen MR) is 66.6 cm³/mol. The van der Waals surface area contributed by atoms with Crippen molar-refractivity contribution < 1.29 is 14.3 Å². The van der Waals surface area contributed by atoms with Crippen LogP contribution < -0.4 is 10.7 Å². The number of amides is 2. The zero-order chi connectivity index (χ0) is 13.0. The van der Waals surface area contributed by atoms with Crippen LogP contribution in [0.5, 0.6) is 0 Å². The van der Waals surface area contributed by atoms with Gasteiger partial charge in [0.25, 0.3) is 0 Å². The summed E-state index contributed by atoms with van der Waals surface area (Å²) < 4.78 is 4.67. The normalized spacial score (nSPS) is 16.5. The van der Waals surface area contributed by atoms with Gasteiger partial charge in [-0.25, -0.2) is 10.2 Å². The van der Waals surface area contributed by atoms with Crippen molar-refractivity contribution in [3.63, 3.8) is 0 Å². The average molecular weight is 268 g/mol. The van der Waals surface area contributed by atoms with Gasteiger partial charge in [0.05, 0.1) is 12.1 Å². The van der Waals surface area contributed by atoms with Crippen LogP contribution in [0.15, 0.2) is 29.4 Å². The minimum Gasteiger partial charge on any atom is -0.459 e. The third-order valence-corrected chi connectivity index (χ3v) is 2.42. The van der Waals surface area contributed by atoms with Crippen LogP contribution >= 0.6 is 11.6 Å². The molecule has 1 aliphatic heterocycles. The highest BCUT2D eigenvalue weighted by molar-refractivity contribution is 6.30. The maximum Gasteiger partial charge on any atom is 0.339 e. The summed E-state index contributed by atoms with van der Waals surface area (Å²) in [4.78, 5) is 22.2. The Morgan fingerprint density at radius 2 is 2.06 bits per heavy atom. The second-order valence-corrected chi connectivity index (χ2v) is 4.02. The molecule has 6 nitrogen and oxygen atoms in total. The summed E-state index contributed by atoms with van der Waals surface area (Å²) in [5.41, 5.74) is 3.37. The van der Waals surface area contributed by atoms with E-state index in [4.69, 9.17) is 11.6 Å². The van der Waals surface area contributed by atoms with Crippen molar-refractivity contribution in [1.82, 2.24) is 5.43 Å². The molecule has 1 aliphatic rings. The van der Waals surface area contributed by atoms with Crippen LogP contribution in [0.2, 0.25) is 5.02 Å². The first kappa shape index (κ1) is 12.4. The Morgan fingerprint density at radius 1 is 1.33 bits per heavy atom. The van der Waals surface area contributed by atoms with Gasteiger partial charge in [-0.15, -0.1) is 0 Å². The van der Waals surface area contributed by atoms with Gasteiger partial charge < -0.3 is 10.1 Å². The number of carbonyl (C=O) groups excluding carboxylic acids is 2. The third kappa shape index (κ3) is 3.46. The number of halogens is 1. The number of benzene rings is 1. The van der Waals surface area contributed by atoms with E-state index in [0.29, 0.717) is 16.4 Å². The molecule has 0 bridgehead atoms. The lowest BCUT2D eigenvalue weighted by molar-refractivity contribution is -0.137. The van der Waals surface area contributed by atoms with Crippen molar-refractivity contribution in [2.24, 2.45) is 5.10 Å². The summed E-state index contributed by atoms with van der Waals surface area (Å²) >= 11 is 5.71. The summed E-state index contributed by atoms with van der Waals surface area (Å²) in [6.07, 6.45) is 0.112. The molecule has 2 N–H and O–H groups in total. The van der Waals surface area contributed by atoms with Gasteiger partial charge in [-0.1, -0.05) is 11.6 Å². The molecule has 7 heteroatoms. The smallest absolute Gasteiger partial charge is 0.339 e. The number of esters is 1. The number of nitrogens with one attached hydrogen (secondary N) is 2. The first-order chi connectivity index (χ1) is 8.63. The Morgan fingerprint density at radius 3 is 2.67 bits per heavy atom. The van der Waals surface area contributed by atoms with E-state index >= 15 is 0 Å². The molecule has 1 saturated heterocycles. The first-order valence-corrected chi connectivity index (χ1v) is 5.55. The van der Waals surface area contributed by atoms with E-state index in [-0.39, 0.29) is 19.0 Å². The van der Waals surface area contributed by atoms with Crippen LogP contribution in [0.25, 0.3) is 0 Å². The molecular formula is C11H10ClN3O3. The van der Waals surface area contributed by atoms with Crippen LogP contribution in [-0.4, -0.2) is 24.3 Å². The van der Waals surface area contributed by atoms with E-state index in [1.807, 2.05) is 0 Å². The van der Waals surface area contributed by atoms with E-state index < -0.39 is 6.03 Å². The lowest BCUT2D eigenvalue weighted by Gasteiger charge is -2.04. The summed E-state index contributed by atoms with van der Waals surface area (Å²) in [5, 5.41) is 6.92. The van der Waals surface area contributed by atoms with Crippen LogP contribution in [0, 0.1) is 0 Å².